The van der Waals surface area contributed by atoms with Gasteiger partial charge in [0.05, 0.1) is 12.4 Å². The number of hydrogen-bond donors (Lipinski definition) is 1. The highest BCUT2D eigenvalue weighted by molar-refractivity contribution is 5.80. The molecular formula is C22H41N7. The van der Waals surface area contributed by atoms with Crippen LogP contribution in [-0.4, -0.2) is 95.7 Å². The first kappa shape index (κ1) is 22.1. The summed E-state index contributed by atoms with van der Waals surface area (Å²) in [6.45, 7) is 18.0. The normalized spacial score (nSPS) is 24.8. The average Bonchev–Trinajstić information content (AvgIpc) is 3.28. The van der Waals surface area contributed by atoms with E-state index in [1.807, 2.05) is 12.5 Å². The molecule has 1 aromatic rings. The molecular weight excluding hydrogens is 362 g/mol. The van der Waals surface area contributed by atoms with Crippen LogP contribution in [0, 0.1) is 5.92 Å². The van der Waals surface area contributed by atoms with Crippen molar-refractivity contribution >= 4 is 5.96 Å². The molecule has 0 amide bonds. The molecule has 2 saturated heterocycles. The Morgan fingerprint density at radius 2 is 1.90 bits per heavy atom. The zero-order chi connectivity index (χ0) is 20.5. The Balaban J connectivity index is 1.44. The fourth-order valence-electron chi connectivity index (χ4n) is 4.48. The minimum absolute atomic E-state index is 0.469. The number of likely N-dealkylation sites (tertiary alicyclic amines) is 1. The molecule has 0 aliphatic carbocycles. The Morgan fingerprint density at radius 3 is 2.59 bits per heavy atom. The molecule has 0 spiro atoms. The molecule has 7 heteroatoms. The topological polar surface area (TPSA) is 51.9 Å². The van der Waals surface area contributed by atoms with E-state index in [0.717, 1.165) is 38.6 Å². The van der Waals surface area contributed by atoms with E-state index in [1.165, 1.54) is 52.1 Å². The number of unbranched alkanes of at least 4 members (excludes halogenated alkanes) is 1. The maximum atomic E-state index is 4.97. The Labute approximate surface area is 177 Å². The third-order valence-corrected chi connectivity index (χ3v) is 6.52. The monoisotopic (exact) mass is 403 g/mol. The number of guanidine groups is 1. The number of piperazine rings is 1. The summed E-state index contributed by atoms with van der Waals surface area (Å²) >= 11 is 0. The van der Waals surface area contributed by atoms with Crippen molar-refractivity contribution in [3.8, 4) is 0 Å². The van der Waals surface area contributed by atoms with E-state index >= 15 is 0 Å². The van der Waals surface area contributed by atoms with Crippen LogP contribution in [0.5, 0.6) is 0 Å². The number of nitrogens with zero attached hydrogens (tertiary/aromatic N) is 6. The molecule has 1 N–H and O–H groups in total. The Bertz CT molecular complexity index is 592. The smallest absolute Gasteiger partial charge is 0.193 e. The van der Waals surface area contributed by atoms with Gasteiger partial charge in [-0.2, -0.15) is 0 Å². The van der Waals surface area contributed by atoms with Gasteiger partial charge in [0, 0.05) is 64.8 Å². The molecule has 3 rings (SSSR count). The van der Waals surface area contributed by atoms with Crippen molar-refractivity contribution in [2.45, 2.75) is 46.1 Å². The van der Waals surface area contributed by atoms with Gasteiger partial charge in [0.25, 0.3) is 0 Å². The highest BCUT2D eigenvalue weighted by atomic mass is 15.3. The third kappa shape index (κ3) is 6.44. The summed E-state index contributed by atoms with van der Waals surface area (Å²) in [5.74, 6) is 1.75. The van der Waals surface area contributed by atoms with E-state index in [-0.39, 0.29) is 0 Å². The highest BCUT2D eigenvalue weighted by Gasteiger charge is 2.28. The lowest BCUT2D eigenvalue weighted by atomic mass is 9.93. The molecule has 0 saturated carbocycles. The van der Waals surface area contributed by atoms with Gasteiger partial charge in [-0.1, -0.05) is 13.8 Å². The van der Waals surface area contributed by atoms with Crippen LogP contribution >= 0.6 is 0 Å². The molecule has 2 atom stereocenters. The first-order valence-electron chi connectivity index (χ1n) is 11.7. The van der Waals surface area contributed by atoms with Gasteiger partial charge in [-0.05, 0) is 45.2 Å². The van der Waals surface area contributed by atoms with Crippen LogP contribution in [0.4, 0.5) is 0 Å². The lowest BCUT2D eigenvalue weighted by molar-refractivity contribution is 0.136. The first-order valence-corrected chi connectivity index (χ1v) is 11.7. The van der Waals surface area contributed by atoms with E-state index in [0.29, 0.717) is 12.0 Å². The fraction of sp³-hybridized carbons (Fsp3) is 0.818. The minimum Gasteiger partial charge on any atom is -0.357 e. The maximum absolute atomic E-state index is 4.97. The molecule has 2 aliphatic heterocycles. The van der Waals surface area contributed by atoms with E-state index in [2.05, 4.69) is 56.5 Å². The number of likely N-dealkylation sites (N-methyl/N-ethyl adjacent to an activating group) is 1. The summed E-state index contributed by atoms with van der Waals surface area (Å²) in [4.78, 5) is 16.8. The lowest BCUT2D eigenvalue weighted by Crippen LogP contribution is -2.49. The summed E-state index contributed by atoms with van der Waals surface area (Å²) in [7, 11) is 0. The van der Waals surface area contributed by atoms with Crippen molar-refractivity contribution in [2.75, 3.05) is 65.4 Å². The molecule has 1 aromatic heterocycles. The minimum atomic E-state index is 0.469. The molecule has 0 aromatic carbocycles. The van der Waals surface area contributed by atoms with Crippen molar-refractivity contribution in [1.82, 2.24) is 29.6 Å². The maximum Gasteiger partial charge on any atom is 0.193 e. The molecule has 0 bridgehead atoms. The van der Waals surface area contributed by atoms with E-state index in [9.17, 15) is 0 Å². The standard InChI is InChI=1S/C22H41N7/c1-4-24-22(25-9-6-7-11-27-16-14-26(5-2)15-17-27)28-12-8-20(3)21(18-28)29-13-10-23-19-29/h10,13,19-21H,4-9,11-12,14-18H2,1-3H3,(H,24,25). The van der Waals surface area contributed by atoms with Gasteiger partial charge in [0.2, 0.25) is 0 Å². The number of aliphatic imine (C=N–C) groups is 1. The summed E-state index contributed by atoms with van der Waals surface area (Å²) in [6, 6.07) is 0.469. The number of nitrogens with one attached hydrogen (secondary N) is 1. The largest absolute Gasteiger partial charge is 0.357 e. The predicted octanol–water partition coefficient (Wildman–Crippen LogP) is 2.15. The van der Waals surface area contributed by atoms with Gasteiger partial charge in [0.15, 0.2) is 5.96 Å². The lowest BCUT2D eigenvalue weighted by Gasteiger charge is -2.39. The van der Waals surface area contributed by atoms with Crippen LogP contribution in [-0.2, 0) is 0 Å². The second-order valence-corrected chi connectivity index (χ2v) is 8.51. The second-order valence-electron chi connectivity index (χ2n) is 8.51. The zero-order valence-electron chi connectivity index (χ0n) is 18.8. The molecule has 2 aliphatic rings. The Morgan fingerprint density at radius 1 is 1.10 bits per heavy atom. The van der Waals surface area contributed by atoms with Crippen LogP contribution in [0.2, 0.25) is 0 Å². The second kappa shape index (κ2) is 11.6. The van der Waals surface area contributed by atoms with Gasteiger partial charge < -0.3 is 24.6 Å². The highest BCUT2D eigenvalue weighted by Crippen LogP contribution is 2.27. The number of imidazole rings is 1. The van der Waals surface area contributed by atoms with Gasteiger partial charge in [0.1, 0.15) is 0 Å². The zero-order valence-corrected chi connectivity index (χ0v) is 18.8. The summed E-state index contributed by atoms with van der Waals surface area (Å²) < 4.78 is 2.26. The summed E-state index contributed by atoms with van der Waals surface area (Å²) in [5, 5.41) is 3.52. The van der Waals surface area contributed by atoms with Gasteiger partial charge in [-0.15, -0.1) is 0 Å². The van der Waals surface area contributed by atoms with E-state index < -0.39 is 0 Å². The number of aromatic nitrogens is 2. The molecule has 2 fully saturated rings. The van der Waals surface area contributed by atoms with Gasteiger partial charge in [-0.25, -0.2) is 4.98 Å². The van der Waals surface area contributed by atoms with Crippen molar-refractivity contribution in [2.24, 2.45) is 10.9 Å². The van der Waals surface area contributed by atoms with Crippen LogP contribution in [0.25, 0.3) is 0 Å². The van der Waals surface area contributed by atoms with Crippen molar-refractivity contribution in [3.63, 3.8) is 0 Å². The van der Waals surface area contributed by atoms with E-state index in [1.54, 1.807) is 0 Å². The Hall–Kier alpha value is -1.60. The van der Waals surface area contributed by atoms with Gasteiger partial charge >= 0.3 is 0 Å². The van der Waals surface area contributed by atoms with Crippen LogP contribution in [0.15, 0.2) is 23.7 Å². The Kier molecular flexibility index (Phi) is 8.80. The number of rotatable bonds is 8. The van der Waals surface area contributed by atoms with Crippen LogP contribution in [0.3, 0.4) is 0 Å². The molecule has 7 nitrogen and oxygen atoms in total. The van der Waals surface area contributed by atoms with Crippen molar-refractivity contribution in [1.29, 1.82) is 0 Å². The predicted molar refractivity (Wildman–Crippen MR) is 120 cm³/mol. The molecule has 164 valence electrons. The third-order valence-electron chi connectivity index (χ3n) is 6.52. The number of hydrogen-bond acceptors (Lipinski definition) is 4. The summed E-state index contributed by atoms with van der Waals surface area (Å²) in [5.41, 5.74) is 0. The van der Waals surface area contributed by atoms with Crippen molar-refractivity contribution < 1.29 is 0 Å². The molecule has 29 heavy (non-hydrogen) atoms. The SMILES string of the molecule is CCNC(=NCCCCN1CCN(CC)CC1)N1CCC(C)C(n2ccnc2)C1. The van der Waals surface area contributed by atoms with Gasteiger partial charge in [-0.3, -0.25) is 4.99 Å². The number of piperidine rings is 1. The molecule has 0 radical (unpaired) electrons. The first-order chi connectivity index (χ1) is 14.2. The summed E-state index contributed by atoms with van der Waals surface area (Å²) in [6.07, 6.45) is 9.52. The quantitative estimate of drug-likeness (QED) is 0.409. The van der Waals surface area contributed by atoms with Crippen molar-refractivity contribution in [3.05, 3.63) is 18.7 Å². The van der Waals surface area contributed by atoms with Crippen LogP contribution in [0.1, 0.15) is 46.1 Å². The van der Waals surface area contributed by atoms with Crippen LogP contribution < -0.4 is 5.32 Å². The molecule has 3 heterocycles. The fourth-order valence-corrected chi connectivity index (χ4v) is 4.48. The van der Waals surface area contributed by atoms with E-state index in [4.69, 9.17) is 4.99 Å². The molecule has 2 unspecified atom stereocenters. The average molecular weight is 404 g/mol.